The van der Waals surface area contributed by atoms with Crippen molar-refractivity contribution >= 4 is 27.9 Å². The summed E-state index contributed by atoms with van der Waals surface area (Å²) in [6.07, 6.45) is 1.18. The van der Waals surface area contributed by atoms with Crippen molar-refractivity contribution in [3.63, 3.8) is 0 Å². The number of hydrogen-bond donors (Lipinski definition) is 0. The van der Waals surface area contributed by atoms with Gasteiger partial charge in [0.15, 0.2) is 0 Å². The van der Waals surface area contributed by atoms with Crippen LogP contribution in [0.4, 0.5) is 19.4 Å². The molecule has 0 fully saturated rings. The summed E-state index contributed by atoms with van der Waals surface area (Å²) in [5.74, 6) is 0. The molecule has 0 saturated carbocycles. The zero-order valence-corrected chi connectivity index (χ0v) is 9.08. The minimum absolute atomic E-state index is 0.0225. The average molecular weight is 278 g/mol. The van der Waals surface area contributed by atoms with E-state index >= 15 is 0 Å². The lowest BCUT2D eigenvalue weighted by molar-refractivity contribution is 0.364. The van der Waals surface area contributed by atoms with E-state index in [2.05, 4.69) is 4.99 Å². The van der Waals surface area contributed by atoms with Gasteiger partial charge in [0.2, 0.25) is 0 Å². The fourth-order valence-corrected chi connectivity index (χ4v) is 2.26. The molecule has 16 heavy (non-hydrogen) atoms. The molecular weight excluding hydrogens is 273 g/mol. The first-order valence-corrected chi connectivity index (χ1v) is 6.42. The van der Waals surface area contributed by atoms with Crippen LogP contribution in [-0.2, 0) is 0 Å². The lowest BCUT2D eigenvalue weighted by Crippen LogP contribution is -2.23. The summed E-state index contributed by atoms with van der Waals surface area (Å²) < 4.78 is 62.2. The van der Waals surface area contributed by atoms with Gasteiger partial charge in [0.25, 0.3) is 0 Å². The van der Waals surface area contributed by atoms with Gasteiger partial charge in [-0.2, -0.15) is 0 Å². The highest BCUT2D eigenvalue weighted by Gasteiger charge is 2.65. The minimum Gasteiger partial charge on any atom is -0.261 e. The molecule has 1 aliphatic heterocycles. The van der Waals surface area contributed by atoms with Crippen molar-refractivity contribution in [2.75, 3.05) is 0 Å². The van der Waals surface area contributed by atoms with Gasteiger partial charge in [-0.15, -0.1) is 0 Å². The van der Waals surface area contributed by atoms with Crippen molar-refractivity contribution in [3.8, 4) is 0 Å². The van der Waals surface area contributed by atoms with Gasteiger partial charge in [-0.25, -0.2) is 0 Å². The Morgan fingerprint density at radius 2 is 1.75 bits per heavy atom. The van der Waals surface area contributed by atoms with Crippen LogP contribution in [0.2, 0.25) is 0 Å². The fraction of sp³-hybridized carbons (Fsp3) is 0.125. The quantitative estimate of drug-likeness (QED) is 0.424. The summed E-state index contributed by atoms with van der Waals surface area (Å²) in [5.41, 5.74) is -0.802. The van der Waals surface area contributed by atoms with Gasteiger partial charge in [-0.1, -0.05) is 31.0 Å². The van der Waals surface area contributed by atoms with Crippen molar-refractivity contribution < 1.29 is 19.4 Å². The van der Waals surface area contributed by atoms with Crippen LogP contribution in [0.25, 0.3) is 6.08 Å². The monoisotopic (exact) mass is 277 g/mol. The fourth-order valence-electron chi connectivity index (χ4n) is 1.34. The van der Waals surface area contributed by atoms with E-state index < -0.39 is 20.6 Å². The average Bonchev–Trinajstić information content (AvgIpc) is 2.38. The van der Waals surface area contributed by atoms with Crippen molar-refractivity contribution in [1.82, 2.24) is 0 Å². The lowest BCUT2D eigenvalue weighted by Gasteiger charge is -2.40. The predicted molar refractivity (Wildman–Crippen MR) is 52.7 cm³/mol. The number of alkyl halides is 1. The van der Waals surface area contributed by atoms with Crippen LogP contribution in [0, 0.1) is 0 Å². The molecular formula is C8H5ClF5NS. The Bertz CT molecular complexity index is 579. The first-order chi connectivity index (χ1) is 6.95. The van der Waals surface area contributed by atoms with Crippen molar-refractivity contribution in [1.29, 1.82) is 0 Å². The smallest absolute Gasteiger partial charge is 0.261 e. The van der Waals surface area contributed by atoms with Gasteiger partial charge in [0, 0.05) is 5.22 Å². The molecule has 1 atom stereocenters. The maximum Gasteiger partial charge on any atom is 0.310 e. The van der Waals surface area contributed by atoms with E-state index in [1.165, 1.54) is 6.08 Å². The van der Waals surface area contributed by atoms with Crippen LogP contribution in [-0.4, -0.2) is 5.50 Å². The third-order valence-electron chi connectivity index (χ3n) is 2.02. The third kappa shape index (κ3) is 2.15. The molecule has 2 rings (SSSR count). The lowest BCUT2D eigenvalue weighted by atomic mass is 10.3. The van der Waals surface area contributed by atoms with Crippen LogP contribution in [0.3, 0.4) is 0 Å². The molecule has 0 aliphatic carbocycles. The molecule has 0 aromatic heterocycles. The molecule has 1 aromatic rings. The van der Waals surface area contributed by atoms with Gasteiger partial charge >= 0.3 is 10.2 Å². The Labute approximate surface area is 92.0 Å². The molecule has 0 radical (unpaired) electrons. The Morgan fingerprint density at radius 1 is 1.12 bits per heavy atom. The molecule has 0 N–H and O–H groups in total. The maximum absolute atomic E-state index is 12.4. The van der Waals surface area contributed by atoms with E-state index in [0.29, 0.717) is 12.1 Å². The van der Waals surface area contributed by atoms with Crippen LogP contribution >= 0.6 is 21.8 Å². The topological polar surface area (TPSA) is 12.4 Å². The summed E-state index contributed by atoms with van der Waals surface area (Å²) in [7, 11) is -9.61. The first kappa shape index (κ1) is 11.7. The molecule has 0 spiro atoms. The van der Waals surface area contributed by atoms with E-state index in [1.807, 2.05) is 0 Å². The largest absolute Gasteiger partial charge is 0.310 e. The van der Waals surface area contributed by atoms with Crippen molar-refractivity contribution in [3.05, 3.63) is 28.8 Å². The maximum atomic E-state index is 12.4. The molecule has 1 aliphatic rings. The summed E-state index contributed by atoms with van der Waals surface area (Å²) in [6.45, 7) is 0. The van der Waals surface area contributed by atoms with Crippen LogP contribution in [0.5, 0.6) is 0 Å². The predicted octanol–water partition coefficient (Wildman–Crippen LogP) is 3.32. The highest BCUT2D eigenvalue weighted by atomic mass is 35.5. The Balaban J connectivity index is 2.73. The van der Waals surface area contributed by atoms with Gasteiger partial charge in [-0.05, 0) is 24.3 Å². The molecule has 0 amide bonds. The number of halogens is 6. The van der Waals surface area contributed by atoms with E-state index in [-0.39, 0.29) is 10.6 Å². The molecule has 90 valence electrons. The zero-order chi connectivity index (χ0) is 12.3. The van der Waals surface area contributed by atoms with Gasteiger partial charge in [0.1, 0.15) is 10.4 Å². The second kappa shape index (κ2) is 2.53. The molecule has 1 nitrogen and oxygen atoms in total. The Hall–Kier alpha value is -0.820. The zero-order valence-electron chi connectivity index (χ0n) is 7.51. The highest BCUT2D eigenvalue weighted by molar-refractivity contribution is 8.45. The molecule has 8 heteroatoms. The van der Waals surface area contributed by atoms with Crippen LogP contribution in [0.15, 0.2) is 28.1 Å². The van der Waals surface area contributed by atoms with Crippen LogP contribution in [0.1, 0.15) is 0 Å². The van der Waals surface area contributed by atoms with E-state index in [0.717, 1.165) is 6.07 Å². The summed E-state index contributed by atoms with van der Waals surface area (Å²) in [5, 5.41) is 0.163. The second-order valence-corrected chi connectivity index (χ2v) is 6.21. The number of hydrogen-bond acceptors (Lipinski definition) is 1. The summed E-state index contributed by atoms with van der Waals surface area (Å²) in [4.78, 5) is 1.81. The molecule has 1 aromatic carbocycles. The number of fused-ring (bicyclic) bond motifs is 1. The summed E-state index contributed by atoms with van der Waals surface area (Å²) in [6, 6.07) is 1.59. The molecule has 0 saturated heterocycles. The molecule has 0 unspecified atom stereocenters. The van der Waals surface area contributed by atoms with Crippen molar-refractivity contribution in [2.24, 2.45) is 4.99 Å². The molecule has 1 heterocycles. The van der Waals surface area contributed by atoms with Gasteiger partial charge in [-0.3, -0.25) is 4.99 Å². The first-order valence-electron chi connectivity index (χ1n) is 4.04. The highest BCUT2D eigenvalue weighted by Crippen LogP contribution is 3.01. The van der Waals surface area contributed by atoms with Gasteiger partial charge in [0.05, 0.1) is 5.36 Å². The Kier molecular flexibility index (Phi) is 1.85. The van der Waals surface area contributed by atoms with E-state index in [9.17, 15) is 19.4 Å². The number of nitrogens with zero attached hydrogens (tertiary/aromatic N) is 1. The number of benzene rings is 1. The number of rotatable bonds is 1. The summed E-state index contributed by atoms with van der Waals surface area (Å²) >= 11 is 5.53. The molecule has 0 bridgehead atoms. The van der Waals surface area contributed by atoms with Crippen LogP contribution < -0.4 is 10.6 Å². The van der Waals surface area contributed by atoms with Crippen molar-refractivity contribution in [2.45, 2.75) is 10.4 Å². The SMILES string of the molecule is FS(F)(F)(F)(F)c1ccc2c(c1)=C[C@H](Cl)N=2. The Morgan fingerprint density at radius 3 is 2.31 bits per heavy atom. The minimum atomic E-state index is -9.61. The van der Waals surface area contributed by atoms with E-state index in [4.69, 9.17) is 11.6 Å². The standard InChI is InChI=1S/C8H5ClF5NS/c9-8-4-5-3-6(1-2-7(5)15-8)16(10,11,12,13)14/h1-4,8H/t8-/m1/s1. The van der Waals surface area contributed by atoms with E-state index in [1.54, 1.807) is 0 Å². The normalized spacial score (nSPS) is 23.8. The van der Waals surface area contributed by atoms with Gasteiger partial charge < -0.3 is 0 Å². The second-order valence-electron chi connectivity index (χ2n) is 3.36. The third-order valence-corrected chi connectivity index (χ3v) is 3.39.